The van der Waals surface area contributed by atoms with E-state index in [0.717, 1.165) is 37.4 Å². The highest BCUT2D eigenvalue weighted by molar-refractivity contribution is 6.02. The lowest BCUT2D eigenvalue weighted by atomic mass is 9.97. The molecule has 2 atom stereocenters. The fourth-order valence-electron chi connectivity index (χ4n) is 3.10. The predicted molar refractivity (Wildman–Crippen MR) is 82.2 cm³/mol. The normalized spacial score (nSPS) is 25.4. The fourth-order valence-corrected chi connectivity index (χ4v) is 3.10. The van der Waals surface area contributed by atoms with Gasteiger partial charge in [-0.2, -0.15) is 0 Å². The van der Waals surface area contributed by atoms with Crippen LogP contribution in [0.4, 0.5) is 11.4 Å². The van der Waals surface area contributed by atoms with Gasteiger partial charge in [0.05, 0.1) is 17.3 Å². The zero-order valence-electron chi connectivity index (χ0n) is 12.3. The number of benzene rings is 1. The minimum absolute atomic E-state index is 0.00710. The largest absolute Gasteiger partial charge is 0.324 e. The Morgan fingerprint density at radius 3 is 2.81 bits per heavy atom. The summed E-state index contributed by atoms with van der Waals surface area (Å²) in [5, 5.41) is 6.25. The lowest BCUT2D eigenvalue weighted by Crippen LogP contribution is -2.30. The van der Waals surface area contributed by atoms with Crippen LogP contribution in [-0.2, 0) is 9.59 Å². The van der Waals surface area contributed by atoms with Gasteiger partial charge in [-0.25, -0.2) is 0 Å². The molecule has 3 rings (SSSR count). The third kappa shape index (κ3) is 2.78. The SMILES string of the molecule is C[C@@H]1CNC[C@H]1C(=O)Nc1ccccc1N1CCCC1=O. The maximum atomic E-state index is 12.4. The third-order valence-electron chi connectivity index (χ3n) is 4.38. The molecule has 0 unspecified atom stereocenters. The average Bonchev–Trinajstić information content (AvgIpc) is 3.08. The Kier molecular flexibility index (Phi) is 3.92. The summed E-state index contributed by atoms with van der Waals surface area (Å²) in [6.07, 6.45) is 1.47. The van der Waals surface area contributed by atoms with Crippen LogP contribution in [0.15, 0.2) is 24.3 Å². The zero-order chi connectivity index (χ0) is 14.8. The molecular formula is C16H21N3O2. The molecule has 0 spiro atoms. The van der Waals surface area contributed by atoms with Crippen molar-refractivity contribution in [2.45, 2.75) is 19.8 Å². The molecule has 1 aromatic carbocycles. The highest BCUT2D eigenvalue weighted by atomic mass is 16.2. The molecule has 2 N–H and O–H groups in total. The molecule has 21 heavy (non-hydrogen) atoms. The molecule has 0 aliphatic carbocycles. The standard InChI is InChI=1S/C16H21N3O2/c1-11-9-17-10-12(11)16(21)18-13-5-2-3-6-14(13)19-8-4-7-15(19)20/h2-3,5-6,11-12,17H,4,7-10H2,1H3,(H,18,21)/t11-,12-/m1/s1. The number of hydrogen-bond acceptors (Lipinski definition) is 3. The van der Waals surface area contributed by atoms with Crippen molar-refractivity contribution < 1.29 is 9.59 Å². The molecule has 1 aromatic rings. The topological polar surface area (TPSA) is 61.4 Å². The van der Waals surface area contributed by atoms with Crippen molar-refractivity contribution in [3.05, 3.63) is 24.3 Å². The van der Waals surface area contributed by atoms with E-state index in [1.54, 1.807) is 4.90 Å². The second-order valence-corrected chi connectivity index (χ2v) is 5.90. The molecule has 5 nitrogen and oxygen atoms in total. The second-order valence-electron chi connectivity index (χ2n) is 5.90. The van der Waals surface area contributed by atoms with Crippen LogP contribution in [0.25, 0.3) is 0 Å². The van der Waals surface area contributed by atoms with Crippen molar-refractivity contribution in [2.24, 2.45) is 11.8 Å². The summed E-state index contributed by atoms with van der Waals surface area (Å²) in [7, 11) is 0. The minimum Gasteiger partial charge on any atom is -0.324 e. The summed E-state index contributed by atoms with van der Waals surface area (Å²) >= 11 is 0. The van der Waals surface area contributed by atoms with Gasteiger partial charge in [0.25, 0.3) is 0 Å². The van der Waals surface area contributed by atoms with Crippen molar-refractivity contribution in [1.82, 2.24) is 5.32 Å². The lowest BCUT2D eigenvalue weighted by molar-refractivity contribution is -0.120. The molecule has 2 aliphatic rings. The highest BCUT2D eigenvalue weighted by Gasteiger charge is 2.30. The molecule has 112 valence electrons. The maximum absolute atomic E-state index is 12.4. The van der Waals surface area contributed by atoms with E-state index in [0.29, 0.717) is 12.3 Å². The molecule has 2 saturated heterocycles. The van der Waals surface area contributed by atoms with Crippen LogP contribution < -0.4 is 15.5 Å². The van der Waals surface area contributed by atoms with E-state index < -0.39 is 0 Å². The van der Waals surface area contributed by atoms with Crippen molar-refractivity contribution in [2.75, 3.05) is 29.9 Å². The van der Waals surface area contributed by atoms with Gasteiger partial charge in [0.15, 0.2) is 0 Å². The average molecular weight is 287 g/mol. The third-order valence-corrected chi connectivity index (χ3v) is 4.38. The van der Waals surface area contributed by atoms with Crippen LogP contribution in [-0.4, -0.2) is 31.4 Å². The van der Waals surface area contributed by atoms with E-state index in [1.165, 1.54) is 0 Å². The van der Waals surface area contributed by atoms with E-state index in [1.807, 2.05) is 24.3 Å². The van der Waals surface area contributed by atoms with Crippen LogP contribution >= 0.6 is 0 Å². The van der Waals surface area contributed by atoms with E-state index in [2.05, 4.69) is 17.6 Å². The first-order valence-electron chi connectivity index (χ1n) is 7.58. The Labute approximate surface area is 124 Å². The lowest BCUT2D eigenvalue weighted by Gasteiger charge is -2.21. The van der Waals surface area contributed by atoms with Crippen LogP contribution in [0.1, 0.15) is 19.8 Å². The maximum Gasteiger partial charge on any atom is 0.229 e. The number of nitrogens with zero attached hydrogens (tertiary/aromatic N) is 1. The van der Waals surface area contributed by atoms with Gasteiger partial charge < -0.3 is 15.5 Å². The van der Waals surface area contributed by atoms with Gasteiger partial charge >= 0.3 is 0 Å². The van der Waals surface area contributed by atoms with Crippen LogP contribution in [0.3, 0.4) is 0 Å². The number of carbonyl (C=O) groups is 2. The highest BCUT2D eigenvalue weighted by Crippen LogP contribution is 2.30. The molecule has 5 heteroatoms. The van der Waals surface area contributed by atoms with E-state index in [4.69, 9.17) is 0 Å². The van der Waals surface area contributed by atoms with Gasteiger partial charge in [0.2, 0.25) is 11.8 Å². The van der Waals surface area contributed by atoms with Gasteiger partial charge in [0.1, 0.15) is 0 Å². The van der Waals surface area contributed by atoms with Crippen LogP contribution in [0.2, 0.25) is 0 Å². The van der Waals surface area contributed by atoms with Crippen molar-refractivity contribution in [3.63, 3.8) is 0 Å². The number of anilines is 2. The number of nitrogens with one attached hydrogen (secondary N) is 2. The Morgan fingerprint density at radius 2 is 2.14 bits per heavy atom. The molecule has 0 saturated carbocycles. The first-order valence-corrected chi connectivity index (χ1v) is 7.58. The summed E-state index contributed by atoms with van der Waals surface area (Å²) in [5.74, 6) is 0.497. The summed E-state index contributed by atoms with van der Waals surface area (Å²) in [5.41, 5.74) is 1.55. The van der Waals surface area contributed by atoms with E-state index in [9.17, 15) is 9.59 Å². The molecule has 2 fully saturated rings. The zero-order valence-corrected chi connectivity index (χ0v) is 12.3. The Balaban J connectivity index is 1.79. The van der Waals surface area contributed by atoms with Crippen molar-refractivity contribution in [3.8, 4) is 0 Å². The number of amides is 2. The molecular weight excluding hydrogens is 266 g/mol. The smallest absolute Gasteiger partial charge is 0.229 e. The summed E-state index contributed by atoms with van der Waals surface area (Å²) in [4.78, 5) is 26.1. The van der Waals surface area contributed by atoms with Gasteiger partial charge in [-0.05, 0) is 31.0 Å². The molecule has 0 radical (unpaired) electrons. The van der Waals surface area contributed by atoms with Crippen molar-refractivity contribution in [1.29, 1.82) is 0 Å². The molecule has 0 aromatic heterocycles. The number of carbonyl (C=O) groups excluding carboxylic acids is 2. The van der Waals surface area contributed by atoms with Gasteiger partial charge in [0, 0.05) is 19.5 Å². The van der Waals surface area contributed by atoms with E-state index >= 15 is 0 Å². The van der Waals surface area contributed by atoms with Crippen molar-refractivity contribution >= 4 is 23.2 Å². The second kappa shape index (κ2) is 5.85. The summed E-state index contributed by atoms with van der Waals surface area (Å²) in [6, 6.07) is 7.55. The summed E-state index contributed by atoms with van der Waals surface area (Å²) < 4.78 is 0. The molecule has 2 aliphatic heterocycles. The fraction of sp³-hybridized carbons (Fsp3) is 0.500. The Hall–Kier alpha value is -1.88. The Morgan fingerprint density at radius 1 is 1.33 bits per heavy atom. The first kappa shape index (κ1) is 14.1. The first-order chi connectivity index (χ1) is 10.2. The number of para-hydroxylation sites is 2. The molecule has 2 heterocycles. The van der Waals surface area contributed by atoms with Crippen LogP contribution in [0, 0.1) is 11.8 Å². The van der Waals surface area contributed by atoms with Gasteiger partial charge in [-0.15, -0.1) is 0 Å². The quantitative estimate of drug-likeness (QED) is 0.888. The predicted octanol–water partition coefficient (Wildman–Crippen LogP) is 1.61. The molecule has 0 bridgehead atoms. The minimum atomic E-state index is -0.00710. The monoisotopic (exact) mass is 287 g/mol. The van der Waals surface area contributed by atoms with Crippen LogP contribution in [0.5, 0.6) is 0 Å². The van der Waals surface area contributed by atoms with Gasteiger partial charge in [-0.3, -0.25) is 9.59 Å². The molecule has 2 amide bonds. The Bertz CT molecular complexity index is 558. The number of hydrogen-bond donors (Lipinski definition) is 2. The van der Waals surface area contributed by atoms with E-state index in [-0.39, 0.29) is 17.7 Å². The summed E-state index contributed by atoms with van der Waals surface area (Å²) in [6.45, 7) is 4.41. The van der Waals surface area contributed by atoms with Gasteiger partial charge in [-0.1, -0.05) is 19.1 Å². The number of rotatable bonds is 3.